The third-order valence-electron chi connectivity index (χ3n) is 8.04. The quantitative estimate of drug-likeness (QED) is 0.0765. The maximum absolute atomic E-state index is 10.7. The zero-order valence-corrected chi connectivity index (χ0v) is 25.3. The van der Waals surface area contributed by atoms with Gasteiger partial charge in [0.2, 0.25) is 34.5 Å². The van der Waals surface area contributed by atoms with Gasteiger partial charge in [-0.05, 0) is 12.1 Å². The maximum atomic E-state index is 10.7. The summed E-state index contributed by atoms with van der Waals surface area (Å²) in [7, 11) is 0. The van der Waals surface area contributed by atoms with E-state index in [-0.39, 0.29) is 5.69 Å². The highest BCUT2D eigenvalue weighted by molar-refractivity contribution is 5.94. The Balaban J connectivity index is 1.42. The van der Waals surface area contributed by atoms with Crippen molar-refractivity contribution in [3.8, 4) is 114 Å². The van der Waals surface area contributed by atoms with Crippen molar-refractivity contribution in [3.05, 3.63) is 84.9 Å². The normalized spacial score (nSPS) is 11.2. The van der Waals surface area contributed by atoms with E-state index in [9.17, 15) is 51.1 Å². The minimum Gasteiger partial charge on any atom is -0.504 e. The molecule has 0 fully saturated rings. The molecule has 10 N–H and O–H groups in total. The first-order valence-electron chi connectivity index (χ1n) is 14.7. The molecular weight excluding hydrogens is 648 g/mol. The van der Waals surface area contributed by atoms with Crippen LogP contribution in [0.5, 0.6) is 57.5 Å². The molecule has 0 saturated heterocycles. The van der Waals surface area contributed by atoms with Crippen molar-refractivity contribution in [3.63, 3.8) is 0 Å². The fraction of sp³-hybridized carbons (Fsp3) is 0. The second-order valence-electron chi connectivity index (χ2n) is 11.1. The number of benzene rings is 5. The summed E-state index contributed by atoms with van der Waals surface area (Å²) in [6, 6.07) is 25.0. The molecule has 0 amide bonds. The minimum absolute atomic E-state index is 0.00216. The molecule has 5 aromatic carbocycles. The van der Waals surface area contributed by atoms with E-state index in [1.54, 1.807) is 24.3 Å². The van der Waals surface area contributed by atoms with E-state index in [2.05, 4.69) is 9.97 Å². The van der Waals surface area contributed by atoms with Gasteiger partial charge in [0.25, 0.3) is 0 Å². The molecule has 0 aliphatic heterocycles. The molecule has 0 bridgehead atoms. The lowest BCUT2D eigenvalue weighted by atomic mass is 10.0. The molecule has 0 spiro atoms. The van der Waals surface area contributed by atoms with Gasteiger partial charge < -0.3 is 51.1 Å². The summed E-state index contributed by atoms with van der Waals surface area (Å²) < 4.78 is 0. The summed E-state index contributed by atoms with van der Waals surface area (Å²) in [5.74, 6) is -12.0. The molecule has 0 atom stereocenters. The summed E-state index contributed by atoms with van der Waals surface area (Å²) in [6.45, 7) is 0. The fourth-order valence-electron chi connectivity index (χ4n) is 5.47. The molecule has 7 aromatic rings. The van der Waals surface area contributed by atoms with Crippen LogP contribution < -0.4 is 0 Å². The Hall–Kier alpha value is -7.48. The summed E-state index contributed by atoms with van der Waals surface area (Å²) in [5.41, 5.74) is 1.40. The van der Waals surface area contributed by atoms with Crippen molar-refractivity contribution >= 4 is 10.9 Å². The molecule has 0 radical (unpaired) electrons. The van der Waals surface area contributed by atoms with Crippen LogP contribution in [0.4, 0.5) is 0 Å². The van der Waals surface area contributed by atoms with E-state index in [1.807, 2.05) is 54.6 Å². The molecule has 0 saturated carbocycles. The van der Waals surface area contributed by atoms with Crippen molar-refractivity contribution < 1.29 is 51.1 Å². The van der Waals surface area contributed by atoms with Gasteiger partial charge in [-0.25, -0.2) is 19.9 Å². The van der Waals surface area contributed by atoms with Crippen molar-refractivity contribution in [2.45, 2.75) is 0 Å². The van der Waals surface area contributed by atoms with Crippen LogP contribution in [0, 0.1) is 0 Å². The molecule has 14 nitrogen and oxygen atoms in total. The van der Waals surface area contributed by atoms with Crippen LogP contribution in [0.2, 0.25) is 0 Å². The Kier molecular flexibility index (Phi) is 7.25. The first-order valence-corrected chi connectivity index (χ1v) is 14.7. The Labute approximate surface area is 280 Å². The highest BCUT2D eigenvalue weighted by Gasteiger charge is 2.30. The average molecular weight is 673 g/mol. The molecule has 2 heterocycles. The van der Waals surface area contributed by atoms with Gasteiger partial charge in [-0.2, -0.15) is 0 Å². The Bertz CT molecular complexity index is 2340. The smallest absolute Gasteiger partial charge is 0.208 e. The molecule has 2 aromatic heterocycles. The third-order valence-corrected chi connectivity index (χ3v) is 8.04. The van der Waals surface area contributed by atoms with Crippen molar-refractivity contribution in [2.75, 3.05) is 0 Å². The van der Waals surface area contributed by atoms with Gasteiger partial charge in [0.15, 0.2) is 34.6 Å². The molecule has 50 heavy (non-hydrogen) atoms. The number of fused-ring (bicyclic) bond motifs is 1. The summed E-state index contributed by atoms with van der Waals surface area (Å²) >= 11 is 0. The first-order chi connectivity index (χ1) is 24.0. The SMILES string of the molecule is Oc1c(O)c(O)c(-c2cc(-c3ccc(-c4nc(-c5ccccc5)c5ccccc5n4)cc3)nc(-c3c(O)c(O)c(O)c(O)c3O)n2)c(O)c1O. The predicted octanol–water partition coefficient (Wildman–Crippen LogP) is 5.81. The standard InChI is InChI=1S/C36H24N4O10/c41-25-22(26(42)30(46)33(49)29(25)45)21-14-20(38-36(39-21)23-27(43)31(47)34(50)32(48)28(23)44)15-10-12-17(13-11-15)35-37-19-9-5-4-8-18(19)24(40-35)16-6-2-1-3-7-16/h1-14,41-50H. The van der Waals surface area contributed by atoms with Crippen LogP contribution in [0.15, 0.2) is 84.9 Å². The monoisotopic (exact) mass is 672 g/mol. The number of aromatic hydroxyl groups is 10. The lowest BCUT2D eigenvalue weighted by Crippen LogP contribution is -1.98. The lowest BCUT2D eigenvalue weighted by molar-refractivity contribution is 0.329. The topological polar surface area (TPSA) is 254 Å². The largest absolute Gasteiger partial charge is 0.504 e. The number of hydrogen-bond acceptors (Lipinski definition) is 14. The van der Waals surface area contributed by atoms with Crippen LogP contribution in [0.1, 0.15) is 0 Å². The summed E-state index contributed by atoms with van der Waals surface area (Å²) in [4.78, 5) is 18.1. The van der Waals surface area contributed by atoms with Gasteiger partial charge in [-0.3, -0.25) is 0 Å². The molecule has 0 aliphatic rings. The molecule has 0 aliphatic carbocycles. The van der Waals surface area contributed by atoms with Gasteiger partial charge in [0, 0.05) is 22.1 Å². The summed E-state index contributed by atoms with van der Waals surface area (Å²) in [6.07, 6.45) is 0. The predicted molar refractivity (Wildman–Crippen MR) is 179 cm³/mol. The van der Waals surface area contributed by atoms with Crippen LogP contribution in [-0.2, 0) is 0 Å². The van der Waals surface area contributed by atoms with Gasteiger partial charge in [-0.1, -0.05) is 72.8 Å². The number of phenolic OH excluding ortho intramolecular Hbond substituents is 10. The summed E-state index contributed by atoms with van der Waals surface area (Å²) in [5, 5.41) is 104. The van der Waals surface area contributed by atoms with Gasteiger partial charge >= 0.3 is 0 Å². The van der Waals surface area contributed by atoms with Crippen LogP contribution in [-0.4, -0.2) is 71.0 Å². The fourth-order valence-corrected chi connectivity index (χ4v) is 5.47. The Morgan fingerprint density at radius 3 is 1.42 bits per heavy atom. The van der Waals surface area contributed by atoms with E-state index >= 15 is 0 Å². The van der Waals surface area contributed by atoms with Crippen molar-refractivity contribution in [2.24, 2.45) is 0 Å². The van der Waals surface area contributed by atoms with Crippen molar-refractivity contribution in [1.29, 1.82) is 0 Å². The van der Waals surface area contributed by atoms with E-state index in [4.69, 9.17) is 9.97 Å². The molecule has 248 valence electrons. The van der Waals surface area contributed by atoms with E-state index in [0.29, 0.717) is 22.5 Å². The lowest BCUT2D eigenvalue weighted by Gasteiger charge is -2.16. The second-order valence-corrected chi connectivity index (χ2v) is 11.1. The van der Waals surface area contributed by atoms with E-state index < -0.39 is 80.1 Å². The molecule has 0 unspecified atom stereocenters. The average Bonchev–Trinajstić information content (AvgIpc) is 3.14. The van der Waals surface area contributed by atoms with Crippen LogP contribution in [0.25, 0.3) is 67.5 Å². The second kappa shape index (κ2) is 11.6. The highest BCUT2D eigenvalue weighted by atomic mass is 16.4. The number of rotatable bonds is 5. The number of aromatic nitrogens is 4. The van der Waals surface area contributed by atoms with E-state index in [0.717, 1.165) is 16.6 Å². The first kappa shape index (κ1) is 31.1. The highest BCUT2D eigenvalue weighted by Crippen LogP contribution is 2.56. The number of para-hydroxylation sites is 1. The number of nitrogens with zero attached hydrogens (tertiary/aromatic N) is 4. The molecular formula is C36H24N4O10. The van der Waals surface area contributed by atoms with Gasteiger partial charge in [-0.15, -0.1) is 0 Å². The van der Waals surface area contributed by atoms with Crippen LogP contribution >= 0.6 is 0 Å². The molecule has 14 heteroatoms. The number of phenols is 10. The van der Waals surface area contributed by atoms with Crippen LogP contribution in [0.3, 0.4) is 0 Å². The molecule has 7 rings (SSSR count). The minimum atomic E-state index is -1.23. The third kappa shape index (κ3) is 4.91. The Morgan fingerprint density at radius 2 is 0.820 bits per heavy atom. The van der Waals surface area contributed by atoms with E-state index in [1.165, 1.54) is 6.07 Å². The zero-order chi connectivity index (χ0) is 35.4. The Morgan fingerprint density at radius 1 is 0.340 bits per heavy atom. The number of hydrogen-bond donors (Lipinski definition) is 10. The maximum Gasteiger partial charge on any atom is 0.208 e. The van der Waals surface area contributed by atoms with Crippen molar-refractivity contribution in [1.82, 2.24) is 19.9 Å². The van der Waals surface area contributed by atoms with Gasteiger partial charge in [0.05, 0.1) is 28.2 Å². The van der Waals surface area contributed by atoms with Gasteiger partial charge in [0.1, 0.15) is 5.56 Å². The zero-order valence-electron chi connectivity index (χ0n) is 25.3.